The number of aliphatic hydroxyl groups is 1. The van der Waals surface area contributed by atoms with Crippen molar-refractivity contribution < 1.29 is 14.2 Å². The molecule has 1 aliphatic rings. The number of aliphatic hydroxyl groups excluding tert-OH is 1. The molecule has 1 atom stereocenters. The van der Waals surface area contributed by atoms with Crippen LogP contribution in [0.25, 0.3) is 16.8 Å². The first-order chi connectivity index (χ1) is 16.4. The fourth-order valence-electron chi connectivity index (χ4n) is 4.16. The summed E-state index contributed by atoms with van der Waals surface area (Å²) in [7, 11) is 0. The zero-order valence-electron chi connectivity index (χ0n) is 18.3. The molecule has 9 nitrogen and oxygen atoms in total. The maximum absolute atomic E-state index is 13.1. The maximum atomic E-state index is 13.1. The first-order valence-electron chi connectivity index (χ1n) is 10.7. The molecule has 0 saturated carbocycles. The van der Waals surface area contributed by atoms with Crippen molar-refractivity contribution in [3.05, 3.63) is 64.6 Å². The Labute approximate surface area is 199 Å². The fraction of sp³-hybridized carbons (Fsp3) is 0.304. The topological polar surface area (TPSA) is 104 Å². The van der Waals surface area contributed by atoms with Gasteiger partial charge < -0.3 is 14.7 Å². The highest BCUT2D eigenvalue weighted by Crippen LogP contribution is 2.34. The van der Waals surface area contributed by atoms with Crippen molar-refractivity contribution in [1.82, 2.24) is 29.3 Å². The lowest BCUT2D eigenvalue weighted by atomic mass is 10.1. The predicted octanol–water partition coefficient (Wildman–Crippen LogP) is 3.15. The van der Waals surface area contributed by atoms with Gasteiger partial charge in [0.2, 0.25) is 0 Å². The molecule has 5 rings (SSSR count). The molecule has 0 radical (unpaired) electrons. The van der Waals surface area contributed by atoms with Crippen molar-refractivity contribution in [3.8, 4) is 23.2 Å². The summed E-state index contributed by atoms with van der Waals surface area (Å²) in [5, 5.41) is 29.2. The van der Waals surface area contributed by atoms with Gasteiger partial charge in [0.1, 0.15) is 29.8 Å². The molecule has 0 bridgehead atoms. The van der Waals surface area contributed by atoms with Crippen molar-refractivity contribution in [2.75, 3.05) is 19.7 Å². The quantitative estimate of drug-likeness (QED) is 0.436. The van der Waals surface area contributed by atoms with Gasteiger partial charge in [0.15, 0.2) is 6.19 Å². The van der Waals surface area contributed by atoms with Gasteiger partial charge >= 0.3 is 0 Å². The van der Waals surface area contributed by atoms with E-state index < -0.39 is 11.9 Å². The maximum Gasteiger partial charge on any atom is 0.179 e. The summed E-state index contributed by atoms with van der Waals surface area (Å²) in [5.41, 5.74) is 4.55. The van der Waals surface area contributed by atoms with Gasteiger partial charge in [0, 0.05) is 37.0 Å². The third-order valence-corrected chi connectivity index (χ3v) is 6.23. The van der Waals surface area contributed by atoms with Crippen LogP contribution in [0.4, 0.5) is 4.39 Å². The molecule has 4 aromatic rings. The van der Waals surface area contributed by atoms with E-state index in [2.05, 4.69) is 16.3 Å². The van der Waals surface area contributed by atoms with Crippen LogP contribution < -0.4 is 4.74 Å². The van der Waals surface area contributed by atoms with E-state index in [1.54, 1.807) is 9.42 Å². The highest BCUT2D eigenvalue weighted by Gasteiger charge is 2.22. The molecular formula is C23H21ClFN7O2. The molecule has 174 valence electrons. The van der Waals surface area contributed by atoms with Crippen LogP contribution in [0.15, 0.2) is 36.8 Å². The van der Waals surface area contributed by atoms with Gasteiger partial charge in [-0.15, -0.1) is 0 Å². The van der Waals surface area contributed by atoms with E-state index in [1.807, 2.05) is 23.9 Å². The minimum absolute atomic E-state index is 0.109. The molecule has 0 saturated heterocycles. The number of rotatable bonds is 5. The van der Waals surface area contributed by atoms with E-state index in [0.29, 0.717) is 41.6 Å². The minimum Gasteiger partial charge on any atom is -0.488 e. The first-order valence-corrected chi connectivity index (χ1v) is 11.1. The Balaban J connectivity index is 1.47. The molecule has 4 aromatic heterocycles. The molecule has 1 N–H and O–H groups in total. The zero-order valence-corrected chi connectivity index (χ0v) is 19.1. The van der Waals surface area contributed by atoms with Crippen LogP contribution in [0.5, 0.6) is 5.75 Å². The summed E-state index contributed by atoms with van der Waals surface area (Å²) >= 11 is 6.35. The predicted molar refractivity (Wildman–Crippen MR) is 122 cm³/mol. The normalized spacial score (nSPS) is 14.5. The van der Waals surface area contributed by atoms with Crippen molar-refractivity contribution in [2.24, 2.45) is 0 Å². The second-order valence-electron chi connectivity index (χ2n) is 8.09. The summed E-state index contributed by atoms with van der Waals surface area (Å²) in [4.78, 5) is 5.64. The van der Waals surface area contributed by atoms with Gasteiger partial charge in [-0.3, -0.25) is 9.67 Å². The van der Waals surface area contributed by atoms with E-state index >= 15 is 0 Å². The number of hydrogen-bond donors (Lipinski definition) is 1. The summed E-state index contributed by atoms with van der Waals surface area (Å²) < 4.78 is 22.7. The molecule has 5 heterocycles. The Hall–Kier alpha value is -3.68. The van der Waals surface area contributed by atoms with Crippen LogP contribution in [-0.2, 0) is 13.0 Å². The van der Waals surface area contributed by atoms with Gasteiger partial charge in [-0.05, 0) is 30.7 Å². The number of nitriles is 1. The Morgan fingerprint density at radius 2 is 2.15 bits per heavy atom. The lowest BCUT2D eigenvalue weighted by molar-refractivity contribution is 0.105. The third-order valence-electron chi connectivity index (χ3n) is 5.96. The SMILES string of the molecule is Cc1c(-c2cc(OCC(O)c3ccc(F)cn3)c3c(Cl)cnn3c2)nn2c1CCN(C#N)CC2. The molecule has 0 spiro atoms. The van der Waals surface area contributed by atoms with Gasteiger partial charge in [-0.25, -0.2) is 8.91 Å². The summed E-state index contributed by atoms with van der Waals surface area (Å²) in [6, 6.07) is 4.47. The molecule has 34 heavy (non-hydrogen) atoms. The highest BCUT2D eigenvalue weighted by atomic mass is 35.5. The Bertz CT molecular complexity index is 1390. The van der Waals surface area contributed by atoms with E-state index in [-0.39, 0.29) is 6.61 Å². The Kier molecular flexibility index (Phi) is 5.81. The molecule has 11 heteroatoms. The Morgan fingerprint density at radius 3 is 2.91 bits per heavy atom. The van der Waals surface area contributed by atoms with Crippen LogP contribution in [0, 0.1) is 24.2 Å². The lowest BCUT2D eigenvalue weighted by Crippen LogP contribution is -2.21. The number of fused-ring (bicyclic) bond motifs is 2. The van der Waals surface area contributed by atoms with Crippen molar-refractivity contribution >= 4 is 17.1 Å². The molecule has 0 fully saturated rings. The molecule has 0 amide bonds. The van der Waals surface area contributed by atoms with E-state index in [4.69, 9.17) is 21.4 Å². The monoisotopic (exact) mass is 481 g/mol. The van der Waals surface area contributed by atoms with Crippen LogP contribution >= 0.6 is 11.6 Å². The number of nitrogens with zero attached hydrogens (tertiary/aromatic N) is 7. The molecule has 0 aliphatic carbocycles. The first kappa shape index (κ1) is 22.1. The second kappa shape index (κ2) is 8.93. The van der Waals surface area contributed by atoms with Crippen LogP contribution in [0.3, 0.4) is 0 Å². The van der Waals surface area contributed by atoms with Crippen LogP contribution in [0.2, 0.25) is 5.02 Å². The fourth-order valence-corrected chi connectivity index (χ4v) is 4.38. The number of halogens is 2. The van der Waals surface area contributed by atoms with Crippen molar-refractivity contribution in [3.63, 3.8) is 0 Å². The number of pyridine rings is 2. The minimum atomic E-state index is -1.06. The zero-order chi connectivity index (χ0) is 23.8. The summed E-state index contributed by atoms with van der Waals surface area (Å²) in [6.45, 7) is 3.80. The highest BCUT2D eigenvalue weighted by molar-refractivity contribution is 6.34. The second-order valence-corrected chi connectivity index (χ2v) is 8.49. The number of hydrogen-bond acceptors (Lipinski definition) is 7. The molecule has 0 aromatic carbocycles. The van der Waals surface area contributed by atoms with Crippen molar-refractivity contribution in [2.45, 2.75) is 26.0 Å². The molecule has 1 unspecified atom stereocenters. The van der Waals surface area contributed by atoms with Gasteiger partial charge in [0.05, 0.1) is 35.3 Å². The number of aromatic nitrogens is 5. The largest absolute Gasteiger partial charge is 0.488 e. The molecule has 1 aliphatic heterocycles. The summed E-state index contributed by atoms with van der Waals surface area (Å²) in [5.74, 6) is -0.0501. The van der Waals surface area contributed by atoms with Gasteiger partial charge in [-0.1, -0.05) is 11.6 Å². The average molecular weight is 482 g/mol. The smallest absolute Gasteiger partial charge is 0.179 e. The van der Waals surface area contributed by atoms with E-state index in [9.17, 15) is 14.8 Å². The standard InChI is InChI=1S/C23H21ClFN7O2/c1-14-19-4-5-30(13-26)6-7-31(19)29-22(14)15-8-21(23-17(24)10-28-32(23)11-15)34-12-20(33)18-3-2-16(25)9-27-18/h2-3,8-11,20,33H,4-7,12H2,1H3. The van der Waals surface area contributed by atoms with E-state index in [0.717, 1.165) is 35.1 Å². The third kappa shape index (κ3) is 4.04. The van der Waals surface area contributed by atoms with Gasteiger partial charge in [-0.2, -0.15) is 15.5 Å². The van der Waals surface area contributed by atoms with Crippen LogP contribution in [0.1, 0.15) is 23.1 Å². The lowest BCUT2D eigenvalue weighted by Gasteiger charge is -2.14. The van der Waals surface area contributed by atoms with Gasteiger partial charge in [0.25, 0.3) is 0 Å². The average Bonchev–Trinajstić information content (AvgIpc) is 3.28. The molecular weight excluding hydrogens is 461 g/mol. The summed E-state index contributed by atoms with van der Waals surface area (Å²) in [6.07, 6.45) is 6.29. The van der Waals surface area contributed by atoms with Crippen molar-refractivity contribution in [1.29, 1.82) is 5.26 Å². The van der Waals surface area contributed by atoms with Crippen LogP contribution in [-0.4, -0.2) is 54.1 Å². The number of ether oxygens (including phenoxy) is 1. The van der Waals surface area contributed by atoms with E-state index in [1.165, 1.54) is 18.3 Å². The Morgan fingerprint density at radius 1 is 1.29 bits per heavy atom.